The first-order valence-corrected chi connectivity index (χ1v) is 5.10. The molecular weight excluding hydrogens is 178 g/mol. The fraction of sp³-hybridized carbons (Fsp3) is 0.600. The molecule has 0 fully saturated rings. The summed E-state index contributed by atoms with van der Waals surface area (Å²) in [6, 6.07) is 0. The molecule has 76 valence electrons. The molecule has 0 saturated carbocycles. The van der Waals surface area contributed by atoms with E-state index in [0.717, 1.165) is 36.9 Å². The highest BCUT2D eigenvalue weighted by molar-refractivity contribution is 5.21. The maximum absolute atomic E-state index is 11.8. The van der Waals surface area contributed by atoms with E-state index in [1.807, 2.05) is 0 Å². The van der Waals surface area contributed by atoms with Crippen LogP contribution >= 0.6 is 0 Å². The van der Waals surface area contributed by atoms with Crippen LogP contribution in [0.2, 0.25) is 0 Å². The second-order valence-electron chi connectivity index (χ2n) is 3.66. The Morgan fingerprint density at radius 3 is 3.14 bits per heavy atom. The van der Waals surface area contributed by atoms with Gasteiger partial charge in [0.25, 0.3) is 5.56 Å². The van der Waals surface area contributed by atoms with Crippen molar-refractivity contribution in [3.05, 3.63) is 27.9 Å². The minimum absolute atomic E-state index is 0.140. The van der Waals surface area contributed by atoms with Crippen molar-refractivity contribution < 1.29 is 0 Å². The van der Waals surface area contributed by atoms with Gasteiger partial charge in [0.1, 0.15) is 0 Å². The van der Waals surface area contributed by atoms with Crippen LogP contribution in [0.4, 0.5) is 0 Å². The zero-order chi connectivity index (χ0) is 9.97. The lowest BCUT2D eigenvalue weighted by atomic mass is 10.2. The Kier molecular flexibility index (Phi) is 2.63. The molecule has 0 aliphatic heterocycles. The van der Waals surface area contributed by atoms with Crippen LogP contribution < -0.4 is 11.3 Å². The molecule has 4 heteroatoms. The van der Waals surface area contributed by atoms with E-state index in [0.29, 0.717) is 13.1 Å². The standard InChI is InChI=1S/C10H15N3O/c11-5-2-6-13-7-12-9-4-1-3-8(9)10(13)14/h7H,1-6,11H2. The second-order valence-corrected chi connectivity index (χ2v) is 3.66. The molecule has 0 aromatic carbocycles. The van der Waals surface area contributed by atoms with Gasteiger partial charge in [-0.15, -0.1) is 0 Å². The van der Waals surface area contributed by atoms with Gasteiger partial charge in [0, 0.05) is 12.1 Å². The Bertz CT molecular complexity index is 383. The SMILES string of the molecule is NCCCn1cnc2c(c1=O)CCC2. The number of nitrogens with two attached hydrogens (primary N) is 1. The molecule has 2 rings (SSSR count). The molecule has 0 amide bonds. The molecule has 0 radical (unpaired) electrons. The minimum Gasteiger partial charge on any atom is -0.330 e. The van der Waals surface area contributed by atoms with E-state index < -0.39 is 0 Å². The Morgan fingerprint density at radius 2 is 2.36 bits per heavy atom. The zero-order valence-electron chi connectivity index (χ0n) is 8.20. The van der Waals surface area contributed by atoms with Gasteiger partial charge in [-0.25, -0.2) is 4.98 Å². The quantitative estimate of drug-likeness (QED) is 0.739. The predicted molar refractivity (Wildman–Crippen MR) is 54.2 cm³/mol. The summed E-state index contributed by atoms with van der Waals surface area (Å²) in [6.45, 7) is 1.30. The van der Waals surface area contributed by atoms with Crippen LogP contribution in [0.1, 0.15) is 24.1 Å². The van der Waals surface area contributed by atoms with Crippen molar-refractivity contribution in [1.29, 1.82) is 0 Å². The van der Waals surface area contributed by atoms with Crippen LogP contribution in [-0.4, -0.2) is 16.1 Å². The third-order valence-corrected chi connectivity index (χ3v) is 2.66. The molecule has 0 saturated heterocycles. The molecule has 1 aromatic rings. The van der Waals surface area contributed by atoms with Gasteiger partial charge in [0.15, 0.2) is 0 Å². The molecule has 0 bridgehead atoms. The smallest absolute Gasteiger partial charge is 0.256 e. The number of fused-ring (bicyclic) bond motifs is 1. The molecule has 2 N–H and O–H groups in total. The van der Waals surface area contributed by atoms with Gasteiger partial charge in [-0.05, 0) is 32.2 Å². The third kappa shape index (κ3) is 1.57. The molecule has 14 heavy (non-hydrogen) atoms. The van der Waals surface area contributed by atoms with Crippen LogP contribution in [-0.2, 0) is 19.4 Å². The number of hydrogen-bond acceptors (Lipinski definition) is 3. The van der Waals surface area contributed by atoms with Gasteiger partial charge in [0.2, 0.25) is 0 Å². The summed E-state index contributed by atoms with van der Waals surface area (Å²) in [5.74, 6) is 0. The van der Waals surface area contributed by atoms with E-state index in [-0.39, 0.29) is 5.56 Å². The number of nitrogens with zero attached hydrogens (tertiary/aromatic N) is 2. The molecule has 0 spiro atoms. The Labute approximate surface area is 82.8 Å². The van der Waals surface area contributed by atoms with Gasteiger partial charge in [-0.3, -0.25) is 9.36 Å². The minimum atomic E-state index is 0.140. The number of aryl methyl sites for hydroxylation is 2. The summed E-state index contributed by atoms with van der Waals surface area (Å²) >= 11 is 0. The lowest BCUT2D eigenvalue weighted by molar-refractivity contribution is 0.612. The van der Waals surface area contributed by atoms with Crippen LogP contribution in [0.25, 0.3) is 0 Å². The topological polar surface area (TPSA) is 60.9 Å². The fourth-order valence-electron chi connectivity index (χ4n) is 1.89. The lowest BCUT2D eigenvalue weighted by Crippen LogP contribution is -2.25. The zero-order valence-corrected chi connectivity index (χ0v) is 8.20. The molecule has 0 atom stereocenters. The molecule has 1 aliphatic carbocycles. The van der Waals surface area contributed by atoms with Gasteiger partial charge in [-0.1, -0.05) is 0 Å². The first-order chi connectivity index (χ1) is 6.83. The van der Waals surface area contributed by atoms with Crippen molar-refractivity contribution in [3.8, 4) is 0 Å². The van der Waals surface area contributed by atoms with Crippen LogP contribution in [0, 0.1) is 0 Å². The summed E-state index contributed by atoms with van der Waals surface area (Å²) in [7, 11) is 0. The van der Waals surface area contributed by atoms with Crippen molar-refractivity contribution in [2.75, 3.05) is 6.54 Å². The highest BCUT2D eigenvalue weighted by Gasteiger charge is 2.16. The molecular formula is C10H15N3O. The Hall–Kier alpha value is -1.16. The van der Waals surface area contributed by atoms with Gasteiger partial charge < -0.3 is 5.73 Å². The lowest BCUT2D eigenvalue weighted by Gasteiger charge is -2.05. The van der Waals surface area contributed by atoms with E-state index in [2.05, 4.69) is 4.98 Å². The average Bonchev–Trinajstić information content (AvgIpc) is 2.66. The monoisotopic (exact) mass is 193 g/mol. The van der Waals surface area contributed by atoms with E-state index in [1.54, 1.807) is 10.9 Å². The molecule has 0 unspecified atom stereocenters. The molecule has 1 heterocycles. The van der Waals surface area contributed by atoms with Gasteiger partial charge >= 0.3 is 0 Å². The van der Waals surface area contributed by atoms with Crippen molar-refractivity contribution in [1.82, 2.24) is 9.55 Å². The van der Waals surface area contributed by atoms with Crippen molar-refractivity contribution in [2.24, 2.45) is 5.73 Å². The molecule has 1 aliphatic rings. The third-order valence-electron chi connectivity index (χ3n) is 2.66. The maximum Gasteiger partial charge on any atom is 0.256 e. The van der Waals surface area contributed by atoms with E-state index in [9.17, 15) is 4.79 Å². The highest BCUT2D eigenvalue weighted by atomic mass is 16.1. The highest BCUT2D eigenvalue weighted by Crippen LogP contribution is 2.14. The summed E-state index contributed by atoms with van der Waals surface area (Å²) in [5.41, 5.74) is 7.46. The van der Waals surface area contributed by atoms with Crippen molar-refractivity contribution in [2.45, 2.75) is 32.2 Å². The van der Waals surface area contributed by atoms with Crippen molar-refractivity contribution in [3.63, 3.8) is 0 Å². The molecule has 4 nitrogen and oxygen atoms in total. The van der Waals surface area contributed by atoms with Crippen LogP contribution in [0.5, 0.6) is 0 Å². The van der Waals surface area contributed by atoms with Crippen molar-refractivity contribution >= 4 is 0 Å². The first-order valence-electron chi connectivity index (χ1n) is 5.10. The largest absolute Gasteiger partial charge is 0.330 e. The average molecular weight is 193 g/mol. The first kappa shape index (κ1) is 9.40. The Morgan fingerprint density at radius 1 is 1.50 bits per heavy atom. The summed E-state index contributed by atoms with van der Waals surface area (Å²) in [6.07, 6.45) is 5.41. The summed E-state index contributed by atoms with van der Waals surface area (Å²) < 4.78 is 1.68. The number of aromatic nitrogens is 2. The normalized spacial score (nSPS) is 14.4. The second kappa shape index (κ2) is 3.92. The fourth-order valence-corrected chi connectivity index (χ4v) is 1.89. The van der Waals surface area contributed by atoms with Gasteiger partial charge in [-0.2, -0.15) is 0 Å². The van der Waals surface area contributed by atoms with E-state index in [4.69, 9.17) is 5.73 Å². The summed E-state index contributed by atoms with van der Waals surface area (Å²) in [5, 5.41) is 0. The molecule has 1 aromatic heterocycles. The van der Waals surface area contributed by atoms with Crippen LogP contribution in [0.15, 0.2) is 11.1 Å². The van der Waals surface area contributed by atoms with Gasteiger partial charge in [0.05, 0.1) is 12.0 Å². The predicted octanol–water partition coefficient (Wildman–Crippen LogP) is 0.0808. The van der Waals surface area contributed by atoms with E-state index in [1.165, 1.54) is 0 Å². The maximum atomic E-state index is 11.8. The van der Waals surface area contributed by atoms with E-state index >= 15 is 0 Å². The van der Waals surface area contributed by atoms with Crippen LogP contribution in [0.3, 0.4) is 0 Å². The Balaban J connectivity index is 2.31. The number of rotatable bonds is 3. The summed E-state index contributed by atoms with van der Waals surface area (Å²) in [4.78, 5) is 16.1. The number of hydrogen-bond donors (Lipinski definition) is 1.